The fraction of sp³-hybridized carbons (Fsp3) is 0.214. The summed E-state index contributed by atoms with van der Waals surface area (Å²) in [4.78, 5) is 28.9. The second-order valence-corrected chi connectivity index (χ2v) is 4.12. The summed E-state index contributed by atoms with van der Waals surface area (Å²) in [6.07, 6.45) is 1.58. The first kappa shape index (κ1) is 13.0. The summed E-state index contributed by atoms with van der Waals surface area (Å²) in [6.45, 7) is -0.0970. The van der Waals surface area contributed by atoms with Crippen molar-refractivity contribution < 1.29 is 14.3 Å². The van der Waals surface area contributed by atoms with Crippen LogP contribution < -0.4 is 0 Å². The maximum absolute atomic E-state index is 12.3. The van der Waals surface area contributed by atoms with Crippen molar-refractivity contribution in [2.75, 3.05) is 20.7 Å². The van der Waals surface area contributed by atoms with E-state index in [1.807, 2.05) is 30.3 Å². The number of hydrogen-bond donors (Lipinski definition) is 0. The van der Waals surface area contributed by atoms with Crippen LogP contribution in [0.15, 0.2) is 36.5 Å². The fourth-order valence-electron chi connectivity index (χ4n) is 1.80. The van der Waals surface area contributed by atoms with Gasteiger partial charge < -0.3 is 9.64 Å². The highest BCUT2D eigenvalue weighted by Crippen LogP contribution is 2.17. The van der Waals surface area contributed by atoms with Crippen LogP contribution in [0.5, 0.6) is 0 Å². The quantitative estimate of drug-likeness (QED) is 0.782. The zero-order valence-corrected chi connectivity index (χ0v) is 10.8. The largest absolute Gasteiger partial charge is 0.468 e. The molecule has 1 aromatic carbocycles. The molecule has 0 N–H and O–H groups in total. The monoisotopic (exact) mass is 258 g/mol. The molecule has 2 aromatic rings. The van der Waals surface area contributed by atoms with E-state index in [-0.39, 0.29) is 12.5 Å². The summed E-state index contributed by atoms with van der Waals surface area (Å²) in [7, 11) is 2.83. The highest BCUT2D eigenvalue weighted by molar-refractivity contribution is 6.05. The van der Waals surface area contributed by atoms with Gasteiger partial charge in [-0.15, -0.1) is 0 Å². The molecular formula is C14H14N2O3. The van der Waals surface area contributed by atoms with Crippen LogP contribution in [0.25, 0.3) is 10.8 Å². The predicted molar refractivity (Wildman–Crippen MR) is 70.7 cm³/mol. The SMILES string of the molecule is COC(=O)CN(C)C(=O)c1nccc2ccccc12. The third kappa shape index (κ3) is 2.70. The lowest BCUT2D eigenvalue weighted by molar-refractivity contribution is -0.141. The Morgan fingerprint density at radius 1 is 1.26 bits per heavy atom. The van der Waals surface area contributed by atoms with E-state index in [1.165, 1.54) is 12.0 Å². The molecule has 1 aromatic heterocycles. The van der Waals surface area contributed by atoms with Gasteiger partial charge in [0.1, 0.15) is 12.2 Å². The molecule has 0 unspecified atom stereocenters. The first-order chi connectivity index (χ1) is 9.13. The van der Waals surface area contributed by atoms with E-state index in [9.17, 15) is 9.59 Å². The first-order valence-electron chi connectivity index (χ1n) is 5.79. The van der Waals surface area contributed by atoms with Gasteiger partial charge in [0.15, 0.2) is 0 Å². The van der Waals surface area contributed by atoms with Crippen LogP contribution in [0.2, 0.25) is 0 Å². The van der Waals surface area contributed by atoms with Gasteiger partial charge in [-0.05, 0) is 11.5 Å². The van der Waals surface area contributed by atoms with Crippen molar-refractivity contribution in [3.05, 3.63) is 42.2 Å². The third-order valence-electron chi connectivity index (χ3n) is 2.82. The summed E-state index contributed by atoms with van der Waals surface area (Å²) in [6, 6.07) is 9.33. The molecule has 5 heteroatoms. The Balaban J connectivity index is 2.34. The summed E-state index contributed by atoms with van der Waals surface area (Å²) in [5.74, 6) is -0.765. The van der Waals surface area contributed by atoms with E-state index in [0.29, 0.717) is 5.69 Å². The molecule has 0 spiro atoms. The molecule has 0 atom stereocenters. The van der Waals surface area contributed by atoms with Gasteiger partial charge in [-0.2, -0.15) is 0 Å². The number of fused-ring (bicyclic) bond motifs is 1. The lowest BCUT2D eigenvalue weighted by Crippen LogP contribution is -2.33. The summed E-state index contributed by atoms with van der Waals surface area (Å²) < 4.78 is 4.54. The average molecular weight is 258 g/mol. The second-order valence-electron chi connectivity index (χ2n) is 4.12. The van der Waals surface area contributed by atoms with E-state index in [4.69, 9.17) is 0 Å². The van der Waals surface area contributed by atoms with Crippen molar-refractivity contribution in [2.24, 2.45) is 0 Å². The normalized spacial score (nSPS) is 10.2. The van der Waals surface area contributed by atoms with Gasteiger partial charge in [-0.1, -0.05) is 24.3 Å². The highest BCUT2D eigenvalue weighted by atomic mass is 16.5. The number of hydrogen-bond acceptors (Lipinski definition) is 4. The Morgan fingerprint density at radius 2 is 2.00 bits per heavy atom. The zero-order chi connectivity index (χ0) is 13.8. The van der Waals surface area contributed by atoms with Crippen molar-refractivity contribution >= 4 is 22.6 Å². The maximum atomic E-state index is 12.3. The topological polar surface area (TPSA) is 59.5 Å². The van der Waals surface area contributed by atoms with Crippen molar-refractivity contribution in [3.63, 3.8) is 0 Å². The first-order valence-corrected chi connectivity index (χ1v) is 5.79. The smallest absolute Gasteiger partial charge is 0.325 e. The van der Waals surface area contributed by atoms with Crippen LogP contribution in [-0.2, 0) is 9.53 Å². The molecule has 0 saturated carbocycles. The number of rotatable bonds is 3. The number of ether oxygens (including phenoxy) is 1. The van der Waals surface area contributed by atoms with E-state index in [2.05, 4.69) is 9.72 Å². The molecule has 19 heavy (non-hydrogen) atoms. The van der Waals surface area contributed by atoms with Crippen LogP contribution in [0, 0.1) is 0 Å². The van der Waals surface area contributed by atoms with Crippen LogP contribution in [0.3, 0.4) is 0 Å². The number of esters is 1. The molecule has 0 aliphatic carbocycles. The van der Waals surface area contributed by atoms with Crippen LogP contribution in [0.1, 0.15) is 10.5 Å². The number of methoxy groups -OCH3 is 1. The highest BCUT2D eigenvalue weighted by Gasteiger charge is 2.18. The zero-order valence-electron chi connectivity index (χ0n) is 10.8. The van der Waals surface area contributed by atoms with E-state index in [0.717, 1.165) is 10.8 Å². The minimum Gasteiger partial charge on any atom is -0.468 e. The summed E-state index contributed by atoms with van der Waals surface area (Å²) in [5, 5.41) is 1.71. The minimum atomic E-state index is -0.462. The molecule has 1 heterocycles. The van der Waals surface area contributed by atoms with Gasteiger partial charge in [0.25, 0.3) is 5.91 Å². The molecule has 0 saturated heterocycles. The molecule has 2 rings (SSSR count). The van der Waals surface area contributed by atoms with Crippen molar-refractivity contribution in [2.45, 2.75) is 0 Å². The van der Waals surface area contributed by atoms with E-state index in [1.54, 1.807) is 13.2 Å². The average Bonchev–Trinajstić information content (AvgIpc) is 2.45. The number of benzene rings is 1. The van der Waals surface area contributed by atoms with Gasteiger partial charge in [0.05, 0.1) is 7.11 Å². The van der Waals surface area contributed by atoms with Gasteiger partial charge >= 0.3 is 5.97 Å². The molecule has 0 aliphatic heterocycles. The minimum absolute atomic E-state index is 0.0970. The molecule has 0 radical (unpaired) electrons. The third-order valence-corrected chi connectivity index (χ3v) is 2.82. The van der Waals surface area contributed by atoms with E-state index < -0.39 is 5.97 Å². The van der Waals surface area contributed by atoms with Gasteiger partial charge in [-0.3, -0.25) is 14.6 Å². The molecule has 1 amide bonds. The molecular weight excluding hydrogens is 244 g/mol. The maximum Gasteiger partial charge on any atom is 0.325 e. The number of aromatic nitrogens is 1. The van der Waals surface area contributed by atoms with Gasteiger partial charge in [0, 0.05) is 18.6 Å². The number of nitrogens with zero attached hydrogens (tertiary/aromatic N) is 2. The Hall–Kier alpha value is -2.43. The second kappa shape index (κ2) is 5.48. The Morgan fingerprint density at radius 3 is 2.74 bits per heavy atom. The number of likely N-dealkylation sites (N-methyl/N-ethyl adjacent to an activating group) is 1. The number of pyridine rings is 1. The molecule has 0 bridgehead atoms. The van der Waals surface area contributed by atoms with Crippen LogP contribution >= 0.6 is 0 Å². The van der Waals surface area contributed by atoms with Crippen molar-refractivity contribution in [1.82, 2.24) is 9.88 Å². The predicted octanol–water partition coefficient (Wildman–Crippen LogP) is 1.48. The molecule has 98 valence electrons. The van der Waals surface area contributed by atoms with E-state index >= 15 is 0 Å². The lowest BCUT2D eigenvalue weighted by Gasteiger charge is -2.15. The van der Waals surface area contributed by atoms with Gasteiger partial charge in [0.2, 0.25) is 0 Å². The number of carbonyl (C=O) groups excluding carboxylic acids is 2. The van der Waals surface area contributed by atoms with Crippen molar-refractivity contribution in [1.29, 1.82) is 0 Å². The van der Waals surface area contributed by atoms with Crippen LogP contribution in [0.4, 0.5) is 0 Å². The summed E-state index contributed by atoms with van der Waals surface area (Å²) in [5.41, 5.74) is 0.338. The standard InChI is InChI=1S/C14H14N2O3/c1-16(9-12(17)19-2)14(18)13-11-6-4-3-5-10(11)7-8-15-13/h3-8H,9H2,1-2H3. The fourth-order valence-corrected chi connectivity index (χ4v) is 1.80. The number of amides is 1. The molecule has 0 fully saturated rings. The molecule has 5 nitrogen and oxygen atoms in total. The molecule has 0 aliphatic rings. The number of carbonyl (C=O) groups is 2. The lowest BCUT2D eigenvalue weighted by atomic mass is 10.1. The van der Waals surface area contributed by atoms with Crippen molar-refractivity contribution in [3.8, 4) is 0 Å². The van der Waals surface area contributed by atoms with Gasteiger partial charge in [-0.25, -0.2) is 0 Å². The summed E-state index contributed by atoms with van der Waals surface area (Å²) >= 11 is 0. The Bertz CT molecular complexity index is 620. The Labute approximate surface area is 110 Å². The Kier molecular flexibility index (Phi) is 3.75. The van der Waals surface area contributed by atoms with Crippen LogP contribution in [-0.4, -0.2) is 42.5 Å².